The number of carbonyl (C=O) groups excluding carboxylic acids is 1. The maximum Gasteiger partial charge on any atom is 0.234 e. The highest BCUT2D eigenvalue weighted by molar-refractivity contribution is 5.78. The molecule has 3 rings (SSSR count). The molecule has 21 heavy (non-hydrogen) atoms. The van der Waals surface area contributed by atoms with Gasteiger partial charge in [0.2, 0.25) is 5.91 Å². The van der Waals surface area contributed by atoms with Crippen LogP contribution in [0.3, 0.4) is 0 Å². The first kappa shape index (κ1) is 14.5. The SMILES string of the molecule is Cc1ccccc1CNC(=O)CN1CCOC(C2CC2)C1. The molecular weight excluding hydrogens is 264 g/mol. The summed E-state index contributed by atoms with van der Waals surface area (Å²) in [6.45, 7) is 5.69. The molecule has 1 unspecified atom stereocenters. The maximum atomic E-state index is 12.1. The van der Waals surface area contributed by atoms with Crippen molar-refractivity contribution >= 4 is 5.91 Å². The first-order chi connectivity index (χ1) is 10.2. The Balaban J connectivity index is 1.44. The van der Waals surface area contributed by atoms with Gasteiger partial charge in [-0.15, -0.1) is 0 Å². The van der Waals surface area contributed by atoms with E-state index in [1.165, 1.54) is 24.0 Å². The molecule has 2 fully saturated rings. The molecular formula is C17H24N2O2. The first-order valence-corrected chi connectivity index (χ1v) is 7.87. The van der Waals surface area contributed by atoms with Crippen molar-refractivity contribution in [3.05, 3.63) is 35.4 Å². The van der Waals surface area contributed by atoms with Crippen LogP contribution in [-0.4, -0.2) is 43.2 Å². The number of hydrogen-bond acceptors (Lipinski definition) is 3. The topological polar surface area (TPSA) is 41.6 Å². The van der Waals surface area contributed by atoms with Crippen LogP contribution in [0.15, 0.2) is 24.3 Å². The minimum atomic E-state index is 0.106. The van der Waals surface area contributed by atoms with Gasteiger partial charge in [0.15, 0.2) is 0 Å². The van der Waals surface area contributed by atoms with Gasteiger partial charge in [-0.2, -0.15) is 0 Å². The van der Waals surface area contributed by atoms with Crippen LogP contribution in [0.2, 0.25) is 0 Å². The first-order valence-electron chi connectivity index (χ1n) is 7.87. The normalized spacial score (nSPS) is 23.0. The second-order valence-electron chi connectivity index (χ2n) is 6.19. The lowest BCUT2D eigenvalue weighted by molar-refractivity contribution is -0.124. The zero-order valence-corrected chi connectivity index (χ0v) is 12.7. The van der Waals surface area contributed by atoms with E-state index in [2.05, 4.69) is 29.3 Å². The van der Waals surface area contributed by atoms with Crippen LogP contribution in [0, 0.1) is 12.8 Å². The van der Waals surface area contributed by atoms with E-state index in [-0.39, 0.29) is 5.91 Å². The van der Waals surface area contributed by atoms with Crippen molar-refractivity contribution < 1.29 is 9.53 Å². The molecule has 0 aromatic heterocycles. The molecule has 1 aromatic carbocycles. The van der Waals surface area contributed by atoms with Gasteiger partial charge in [-0.25, -0.2) is 0 Å². The third-order valence-electron chi connectivity index (χ3n) is 4.43. The summed E-state index contributed by atoms with van der Waals surface area (Å²) in [4.78, 5) is 14.3. The molecule has 1 aliphatic carbocycles. The quantitative estimate of drug-likeness (QED) is 0.897. The number of hydrogen-bond donors (Lipinski definition) is 1. The fraction of sp³-hybridized carbons (Fsp3) is 0.588. The second-order valence-corrected chi connectivity index (χ2v) is 6.19. The van der Waals surface area contributed by atoms with Gasteiger partial charge >= 0.3 is 0 Å². The van der Waals surface area contributed by atoms with Crippen LogP contribution in [0.4, 0.5) is 0 Å². The zero-order chi connectivity index (χ0) is 14.7. The molecule has 1 atom stereocenters. The summed E-state index contributed by atoms with van der Waals surface area (Å²) in [7, 11) is 0. The molecule has 0 bridgehead atoms. The Morgan fingerprint density at radius 2 is 2.19 bits per heavy atom. The summed E-state index contributed by atoms with van der Waals surface area (Å²) in [5.74, 6) is 0.845. The number of rotatable bonds is 5. The number of ether oxygens (including phenoxy) is 1. The molecule has 1 N–H and O–H groups in total. The van der Waals surface area contributed by atoms with Crippen molar-refractivity contribution in [2.45, 2.75) is 32.4 Å². The molecule has 1 amide bonds. The van der Waals surface area contributed by atoms with E-state index in [9.17, 15) is 4.79 Å². The van der Waals surface area contributed by atoms with Crippen LogP contribution in [-0.2, 0) is 16.1 Å². The minimum absolute atomic E-state index is 0.106. The molecule has 2 aliphatic rings. The van der Waals surface area contributed by atoms with Gasteiger partial charge in [0.25, 0.3) is 0 Å². The monoisotopic (exact) mass is 288 g/mol. The van der Waals surface area contributed by atoms with Crippen molar-refractivity contribution in [3.8, 4) is 0 Å². The molecule has 4 heteroatoms. The maximum absolute atomic E-state index is 12.1. The van der Waals surface area contributed by atoms with Gasteiger partial charge in [0.1, 0.15) is 0 Å². The molecule has 1 saturated carbocycles. The summed E-state index contributed by atoms with van der Waals surface area (Å²) >= 11 is 0. The molecule has 1 aromatic rings. The number of aryl methyl sites for hydroxylation is 1. The summed E-state index contributed by atoms with van der Waals surface area (Å²) in [5, 5.41) is 3.03. The van der Waals surface area contributed by atoms with Crippen LogP contribution < -0.4 is 5.32 Å². The average Bonchev–Trinajstić information content (AvgIpc) is 3.31. The van der Waals surface area contributed by atoms with Crippen molar-refractivity contribution in [1.82, 2.24) is 10.2 Å². The lowest BCUT2D eigenvalue weighted by Crippen LogP contribution is -2.47. The number of nitrogens with one attached hydrogen (secondary N) is 1. The summed E-state index contributed by atoms with van der Waals surface area (Å²) in [6, 6.07) is 8.17. The third kappa shape index (κ3) is 4.05. The lowest BCUT2D eigenvalue weighted by Gasteiger charge is -2.32. The Labute approximate surface area is 126 Å². The Hall–Kier alpha value is -1.39. The second kappa shape index (κ2) is 6.58. The standard InChI is InChI=1S/C17H24N2O2/c1-13-4-2-3-5-15(13)10-18-17(20)12-19-8-9-21-16(11-19)14-6-7-14/h2-5,14,16H,6-12H2,1H3,(H,18,20). The molecule has 0 spiro atoms. The van der Waals surface area contributed by atoms with Crippen molar-refractivity contribution in [1.29, 1.82) is 0 Å². The predicted octanol–water partition coefficient (Wildman–Crippen LogP) is 1.72. The largest absolute Gasteiger partial charge is 0.375 e. The van der Waals surface area contributed by atoms with E-state index in [1.807, 2.05) is 12.1 Å². The van der Waals surface area contributed by atoms with Crippen molar-refractivity contribution in [3.63, 3.8) is 0 Å². The third-order valence-corrected chi connectivity index (χ3v) is 4.43. The molecule has 1 heterocycles. The number of nitrogens with zero attached hydrogens (tertiary/aromatic N) is 1. The Bertz CT molecular complexity index is 499. The fourth-order valence-electron chi connectivity index (χ4n) is 2.89. The Morgan fingerprint density at radius 1 is 1.38 bits per heavy atom. The van der Waals surface area contributed by atoms with E-state index in [1.54, 1.807) is 0 Å². The average molecular weight is 288 g/mol. The van der Waals surface area contributed by atoms with Crippen LogP contribution in [0.25, 0.3) is 0 Å². The van der Waals surface area contributed by atoms with E-state index in [4.69, 9.17) is 4.74 Å². The Morgan fingerprint density at radius 3 is 2.95 bits per heavy atom. The number of amides is 1. The highest BCUT2D eigenvalue weighted by atomic mass is 16.5. The summed E-state index contributed by atoms with van der Waals surface area (Å²) < 4.78 is 5.79. The van der Waals surface area contributed by atoms with Crippen LogP contribution in [0.5, 0.6) is 0 Å². The van der Waals surface area contributed by atoms with Crippen molar-refractivity contribution in [2.75, 3.05) is 26.2 Å². The molecule has 114 valence electrons. The van der Waals surface area contributed by atoms with Gasteiger partial charge in [-0.1, -0.05) is 24.3 Å². The highest BCUT2D eigenvalue weighted by Gasteiger charge is 2.35. The molecule has 4 nitrogen and oxygen atoms in total. The summed E-state index contributed by atoms with van der Waals surface area (Å²) in [5.41, 5.74) is 2.40. The van der Waals surface area contributed by atoms with E-state index in [0.29, 0.717) is 19.2 Å². The van der Waals surface area contributed by atoms with E-state index in [0.717, 1.165) is 25.6 Å². The predicted molar refractivity (Wildman–Crippen MR) is 81.9 cm³/mol. The van der Waals surface area contributed by atoms with Crippen LogP contribution >= 0.6 is 0 Å². The lowest BCUT2D eigenvalue weighted by atomic mass is 10.1. The van der Waals surface area contributed by atoms with Gasteiger partial charge in [0, 0.05) is 19.6 Å². The van der Waals surface area contributed by atoms with Crippen molar-refractivity contribution in [2.24, 2.45) is 5.92 Å². The van der Waals surface area contributed by atoms with E-state index < -0.39 is 0 Å². The molecule has 0 radical (unpaired) electrons. The molecule has 1 aliphatic heterocycles. The fourth-order valence-corrected chi connectivity index (χ4v) is 2.89. The Kier molecular flexibility index (Phi) is 4.56. The number of morpholine rings is 1. The number of carbonyl (C=O) groups is 1. The van der Waals surface area contributed by atoms with Gasteiger partial charge in [0.05, 0.1) is 19.3 Å². The summed E-state index contributed by atoms with van der Waals surface area (Å²) in [6.07, 6.45) is 2.93. The molecule has 1 saturated heterocycles. The highest BCUT2D eigenvalue weighted by Crippen LogP contribution is 2.35. The van der Waals surface area contributed by atoms with Gasteiger partial charge < -0.3 is 10.1 Å². The van der Waals surface area contributed by atoms with Crippen LogP contribution in [0.1, 0.15) is 24.0 Å². The number of benzene rings is 1. The minimum Gasteiger partial charge on any atom is -0.375 e. The van der Waals surface area contributed by atoms with E-state index >= 15 is 0 Å². The zero-order valence-electron chi connectivity index (χ0n) is 12.7. The smallest absolute Gasteiger partial charge is 0.234 e. The van der Waals surface area contributed by atoms with Gasteiger partial charge in [-0.05, 0) is 36.8 Å². The van der Waals surface area contributed by atoms with Gasteiger partial charge in [-0.3, -0.25) is 9.69 Å².